The number of anilines is 1. The highest BCUT2D eigenvalue weighted by Gasteiger charge is 2.44. The molecule has 320 valence electrons. The fraction of sp³-hybridized carbons (Fsp3) is 0.580. The average Bonchev–Trinajstić information content (AvgIpc) is 3.53. The van der Waals surface area contributed by atoms with Gasteiger partial charge in [-0.3, -0.25) is 0 Å². The van der Waals surface area contributed by atoms with Crippen LogP contribution in [0.2, 0.25) is 0 Å². The van der Waals surface area contributed by atoms with Crippen molar-refractivity contribution in [3.05, 3.63) is 106 Å². The van der Waals surface area contributed by atoms with E-state index < -0.39 is 10.2 Å². The zero-order valence-corrected chi connectivity index (χ0v) is 38.1. The Morgan fingerprint density at radius 3 is 1.81 bits per heavy atom. The lowest BCUT2D eigenvalue weighted by atomic mass is 9.81. The summed E-state index contributed by atoms with van der Waals surface area (Å²) in [6.45, 7) is 16.3. The molecule has 2 aromatic carbocycles. The number of fused-ring (bicyclic) bond motifs is 2. The number of unbranched alkanes of at least 4 members (excludes halogenated alkanes) is 14. The molecule has 0 spiro atoms. The number of nitrogens with zero attached hydrogens (tertiary/aromatic N) is 2. The number of benzene rings is 2. The minimum Gasteiger partial charge on any atom is -0.344 e. The van der Waals surface area contributed by atoms with Crippen LogP contribution in [0.3, 0.4) is 0 Å². The van der Waals surface area contributed by atoms with Gasteiger partial charge >= 0.3 is 0 Å². The van der Waals surface area contributed by atoms with Gasteiger partial charge in [-0.25, -0.2) is 18.6 Å². The van der Waals surface area contributed by atoms with E-state index in [1.807, 2.05) is 0 Å². The van der Waals surface area contributed by atoms with E-state index in [1.54, 1.807) is 0 Å². The summed E-state index contributed by atoms with van der Waals surface area (Å²) in [5, 5.41) is 0.954. The van der Waals surface area contributed by atoms with Crippen molar-refractivity contribution in [2.45, 2.75) is 174 Å². The van der Waals surface area contributed by atoms with Gasteiger partial charge < -0.3 is 4.90 Å². The molecular weight excluding hydrogens is 763 g/mol. The van der Waals surface area contributed by atoms with E-state index in [2.05, 4.69) is 124 Å². The molecule has 58 heavy (non-hydrogen) atoms. The van der Waals surface area contributed by atoms with Crippen molar-refractivity contribution in [3.63, 3.8) is 0 Å². The van der Waals surface area contributed by atoms with Crippen molar-refractivity contribution in [2.75, 3.05) is 18.0 Å². The summed E-state index contributed by atoms with van der Waals surface area (Å²) in [4.78, 5) is 2.61. The van der Waals surface area contributed by atoms with Gasteiger partial charge in [-0.15, -0.1) is 10.2 Å². The molecular formula is C50H72Cl2N2O4. The quantitative estimate of drug-likeness (QED) is 0.0921. The van der Waals surface area contributed by atoms with Gasteiger partial charge in [-0.2, -0.15) is 4.58 Å². The molecule has 0 amide bonds. The normalized spacial score (nSPS) is 18.7. The van der Waals surface area contributed by atoms with Gasteiger partial charge in [0, 0.05) is 52.5 Å². The third kappa shape index (κ3) is 13.7. The Morgan fingerprint density at radius 2 is 1.19 bits per heavy atom. The molecule has 0 aromatic heterocycles. The van der Waals surface area contributed by atoms with Crippen molar-refractivity contribution < 1.29 is 33.5 Å². The highest BCUT2D eigenvalue weighted by atomic mass is 35.7. The number of halogens is 2. The maximum atomic E-state index is 8.49. The standard InChI is InChI=1S/C50H72ClN2.ClHO4/c1-7-9-11-13-15-17-19-25-38-52-44-32-23-21-30-42(44)49(3,4)46(52)36-34-40-28-27-29-41(48(40)51)35-37-47-50(5,6)43-31-22-24-33-45(43)53(47)39-26-20-18-16-14-12-10-8-2;2-1(3,4)5/h21-24,30-37H,7-20,25-29,38-39H2,1-6H3;(H,2,3,4,5)/q+1;/p-1. The third-order valence-corrected chi connectivity index (χ3v) is 12.9. The molecule has 2 aromatic rings. The minimum absolute atomic E-state index is 0.0421. The predicted molar refractivity (Wildman–Crippen MR) is 233 cm³/mol. The predicted octanol–water partition coefficient (Wildman–Crippen LogP) is 10.4. The molecule has 0 saturated heterocycles. The maximum Gasteiger partial charge on any atom is 0.209 e. The Balaban J connectivity index is 0.00000140. The molecule has 1 aliphatic carbocycles. The van der Waals surface area contributed by atoms with Crippen LogP contribution in [0, 0.1) is 10.2 Å². The first-order valence-corrected chi connectivity index (χ1v) is 24.0. The molecule has 2 heterocycles. The van der Waals surface area contributed by atoms with Crippen LogP contribution in [0.25, 0.3) is 0 Å². The third-order valence-electron chi connectivity index (χ3n) is 12.4. The highest BCUT2D eigenvalue weighted by molar-refractivity contribution is 6.32. The molecule has 0 bridgehead atoms. The highest BCUT2D eigenvalue weighted by Crippen LogP contribution is 2.48. The summed E-state index contributed by atoms with van der Waals surface area (Å²) in [6, 6.07) is 18.1. The van der Waals surface area contributed by atoms with Crippen LogP contribution >= 0.6 is 11.6 Å². The van der Waals surface area contributed by atoms with Gasteiger partial charge in [0.1, 0.15) is 6.54 Å². The van der Waals surface area contributed by atoms with Crippen LogP contribution in [-0.4, -0.2) is 23.4 Å². The maximum absolute atomic E-state index is 8.49. The van der Waals surface area contributed by atoms with Crippen molar-refractivity contribution in [1.82, 2.24) is 0 Å². The summed E-state index contributed by atoms with van der Waals surface area (Å²) in [6.07, 6.45) is 34.2. The summed E-state index contributed by atoms with van der Waals surface area (Å²) < 4.78 is 36.6. The molecule has 0 N–H and O–H groups in total. The lowest BCUT2D eigenvalue weighted by molar-refractivity contribution is -2.00. The molecule has 8 heteroatoms. The van der Waals surface area contributed by atoms with Crippen LogP contribution in [0.5, 0.6) is 0 Å². The largest absolute Gasteiger partial charge is 0.344 e. The summed E-state index contributed by atoms with van der Waals surface area (Å²) >= 11 is 7.33. The molecule has 0 radical (unpaired) electrons. The molecule has 0 saturated carbocycles. The summed E-state index contributed by atoms with van der Waals surface area (Å²) in [5.41, 5.74) is 10.9. The monoisotopic (exact) mass is 834 g/mol. The smallest absolute Gasteiger partial charge is 0.209 e. The van der Waals surface area contributed by atoms with Crippen molar-refractivity contribution in [3.8, 4) is 0 Å². The first kappa shape index (κ1) is 48.0. The second-order valence-corrected chi connectivity index (χ2v) is 18.7. The molecule has 2 aliphatic heterocycles. The topological polar surface area (TPSA) is 98.5 Å². The Labute approximate surface area is 358 Å². The van der Waals surface area contributed by atoms with Crippen LogP contribution in [0.1, 0.15) is 175 Å². The number of hydrogen-bond acceptors (Lipinski definition) is 5. The van der Waals surface area contributed by atoms with Crippen molar-refractivity contribution in [2.24, 2.45) is 0 Å². The zero-order valence-electron chi connectivity index (χ0n) is 36.6. The van der Waals surface area contributed by atoms with Crippen molar-refractivity contribution >= 4 is 28.7 Å². The van der Waals surface area contributed by atoms with E-state index in [-0.39, 0.29) is 10.8 Å². The van der Waals surface area contributed by atoms with Gasteiger partial charge in [0.15, 0.2) is 5.71 Å². The van der Waals surface area contributed by atoms with Crippen LogP contribution in [0.4, 0.5) is 11.4 Å². The van der Waals surface area contributed by atoms with Gasteiger partial charge in [-0.1, -0.05) is 171 Å². The van der Waals surface area contributed by atoms with Crippen LogP contribution in [-0.2, 0) is 10.8 Å². The van der Waals surface area contributed by atoms with E-state index in [0.29, 0.717) is 0 Å². The van der Waals surface area contributed by atoms with E-state index in [9.17, 15) is 0 Å². The number of para-hydroxylation sites is 2. The SMILES string of the molecule is CCCCCCCCCCN1/C(=C/C=C2\CCCC(/C=C/C3=[N+](CCCCCCCCCC)c4ccccc4C3(C)C)=C2Cl)C(C)(C)c2ccccc21.[O-][Cl+3]([O-])([O-])[O-]. The lowest BCUT2D eigenvalue weighted by Gasteiger charge is -2.27. The summed E-state index contributed by atoms with van der Waals surface area (Å²) in [5.74, 6) is 0. The minimum atomic E-state index is -4.94. The Bertz CT molecular complexity index is 1760. The Morgan fingerprint density at radius 1 is 0.655 bits per heavy atom. The zero-order chi connectivity index (χ0) is 42.2. The molecule has 0 atom stereocenters. The van der Waals surface area contributed by atoms with Gasteiger partial charge in [-0.05, 0) is 74.8 Å². The average molecular weight is 836 g/mol. The molecule has 6 nitrogen and oxygen atoms in total. The Hall–Kier alpha value is -2.71. The lowest BCUT2D eigenvalue weighted by Crippen LogP contribution is -2.68. The number of allylic oxidation sites excluding steroid dienone is 8. The number of rotatable bonds is 21. The van der Waals surface area contributed by atoms with E-state index in [0.717, 1.165) is 37.4 Å². The van der Waals surface area contributed by atoms with E-state index in [4.69, 9.17) is 30.2 Å². The van der Waals surface area contributed by atoms with Crippen LogP contribution < -0.4 is 23.5 Å². The van der Waals surface area contributed by atoms with E-state index >= 15 is 0 Å². The fourth-order valence-electron chi connectivity index (χ4n) is 9.14. The Kier molecular flexibility index (Phi) is 19.3. The number of hydrogen-bond donors (Lipinski definition) is 0. The van der Waals surface area contributed by atoms with Crippen LogP contribution in [0.15, 0.2) is 94.7 Å². The first-order valence-electron chi connectivity index (χ1n) is 22.4. The molecule has 0 fully saturated rings. The van der Waals surface area contributed by atoms with Gasteiger partial charge in [0.25, 0.3) is 0 Å². The van der Waals surface area contributed by atoms with E-state index in [1.165, 1.54) is 148 Å². The molecule has 5 rings (SSSR count). The fourth-order valence-corrected chi connectivity index (χ4v) is 9.45. The second kappa shape index (κ2) is 23.3. The second-order valence-electron chi connectivity index (χ2n) is 17.6. The first-order chi connectivity index (χ1) is 27.7. The summed E-state index contributed by atoms with van der Waals surface area (Å²) in [7, 11) is -4.94. The van der Waals surface area contributed by atoms with Gasteiger partial charge in [0.05, 0.1) is 5.41 Å². The molecule has 3 aliphatic rings. The van der Waals surface area contributed by atoms with Crippen molar-refractivity contribution in [1.29, 1.82) is 0 Å². The van der Waals surface area contributed by atoms with Gasteiger partial charge in [0.2, 0.25) is 5.69 Å². The molecule has 0 unspecified atom stereocenters.